The number of amides is 2. The Morgan fingerprint density at radius 3 is 1.73 bits per heavy atom. The van der Waals surface area contributed by atoms with Crippen LogP contribution in [-0.4, -0.2) is 32.7 Å². The van der Waals surface area contributed by atoms with E-state index in [1.165, 1.54) is 12.1 Å². The van der Waals surface area contributed by atoms with Gasteiger partial charge in [0.05, 0.1) is 4.90 Å². The standard InChI is InChI=1S/C9H11NO3S.C9H11NOS/c1-6-3-7(9(10)11)5-8(4-6)14(2,12)13;1-6-3-7(9(10)11)5-8(4-6)12-2/h3-5H,1-2H3,(H2,10,11);3-5H,1-2H3,(H2,10,11). The largest absolute Gasteiger partial charge is 0.366 e. The summed E-state index contributed by atoms with van der Waals surface area (Å²) in [6.45, 7) is 3.66. The molecule has 0 unspecified atom stereocenters. The Morgan fingerprint density at radius 1 is 0.846 bits per heavy atom. The highest BCUT2D eigenvalue weighted by Crippen LogP contribution is 2.18. The van der Waals surface area contributed by atoms with Crippen LogP contribution in [0.2, 0.25) is 0 Å². The SMILES string of the molecule is CSc1cc(C)cc(C(N)=O)c1.Cc1cc(C(N)=O)cc(S(C)(=O)=O)c1. The third-order valence-electron chi connectivity index (χ3n) is 3.33. The highest BCUT2D eigenvalue weighted by molar-refractivity contribution is 7.98. The Balaban J connectivity index is 0.000000263. The summed E-state index contributed by atoms with van der Waals surface area (Å²) in [5.74, 6) is -0.993. The Bertz CT molecular complexity index is 938. The van der Waals surface area contributed by atoms with E-state index in [0.29, 0.717) is 11.1 Å². The van der Waals surface area contributed by atoms with Crippen molar-refractivity contribution in [3.05, 3.63) is 58.7 Å². The van der Waals surface area contributed by atoms with E-state index in [1.54, 1.807) is 36.9 Å². The Labute approximate surface area is 157 Å². The first-order chi connectivity index (χ1) is 11.9. The molecule has 0 atom stereocenters. The summed E-state index contributed by atoms with van der Waals surface area (Å²) in [6.07, 6.45) is 3.06. The monoisotopic (exact) mass is 394 g/mol. The van der Waals surface area contributed by atoms with E-state index in [4.69, 9.17) is 11.5 Å². The molecule has 0 bridgehead atoms. The number of sulfone groups is 1. The van der Waals surface area contributed by atoms with Crippen molar-refractivity contribution in [1.29, 1.82) is 0 Å². The molecule has 0 saturated carbocycles. The number of nitrogens with two attached hydrogens (primary N) is 2. The zero-order valence-electron chi connectivity index (χ0n) is 15.1. The van der Waals surface area contributed by atoms with Crippen LogP contribution < -0.4 is 11.5 Å². The normalized spacial score (nSPS) is 10.6. The lowest BCUT2D eigenvalue weighted by Crippen LogP contribution is -2.12. The van der Waals surface area contributed by atoms with E-state index in [-0.39, 0.29) is 16.4 Å². The molecule has 0 saturated heterocycles. The second kappa shape index (κ2) is 8.86. The fourth-order valence-corrected chi connectivity index (χ4v) is 3.40. The van der Waals surface area contributed by atoms with Crippen molar-refractivity contribution < 1.29 is 18.0 Å². The number of carbonyl (C=O) groups excluding carboxylic acids is 2. The zero-order chi connectivity index (χ0) is 20.1. The molecule has 2 aromatic rings. The number of carbonyl (C=O) groups is 2. The van der Waals surface area contributed by atoms with E-state index < -0.39 is 15.7 Å². The molecule has 0 aliphatic carbocycles. The predicted molar refractivity (Wildman–Crippen MR) is 104 cm³/mol. The van der Waals surface area contributed by atoms with E-state index in [0.717, 1.165) is 16.7 Å². The lowest BCUT2D eigenvalue weighted by atomic mass is 10.1. The Morgan fingerprint density at radius 2 is 1.31 bits per heavy atom. The number of thioether (sulfide) groups is 1. The van der Waals surface area contributed by atoms with Crippen molar-refractivity contribution in [1.82, 2.24) is 0 Å². The summed E-state index contributed by atoms with van der Waals surface area (Å²) < 4.78 is 22.4. The summed E-state index contributed by atoms with van der Waals surface area (Å²) in [5, 5.41) is 0. The van der Waals surface area contributed by atoms with Crippen LogP contribution in [-0.2, 0) is 9.84 Å². The van der Waals surface area contributed by atoms with Crippen molar-refractivity contribution >= 4 is 33.4 Å². The van der Waals surface area contributed by atoms with Crippen LogP contribution >= 0.6 is 11.8 Å². The molecule has 26 heavy (non-hydrogen) atoms. The minimum absolute atomic E-state index is 0.117. The molecule has 0 heterocycles. The molecule has 6 nitrogen and oxygen atoms in total. The van der Waals surface area contributed by atoms with E-state index >= 15 is 0 Å². The van der Waals surface area contributed by atoms with Crippen LogP contribution in [0.3, 0.4) is 0 Å². The van der Waals surface area contributed by atoms with Crippen LogP contribution in [0.1, 0.15) is 31.8 Å². The quantitative estimate of drug-likeness (QED) is 0.771. The second-order valence-electron chi connectivity index (χ2n) is 5.77. The Hall–Kier alpha value is -2.32. The number of rotatable bonds is 4. The van der Waals surface area contributed by atoms with Gasteiger partial charge in [0.25, 0.3) is 0 Å². The lowest BCUT2D eigenvalue weighted by molar-refractivity contribution is 0.0991. The molecule has 4 N–H and O–H groups in total. The van der Waals surface area contributed by atoms with E-state index in [1.807, 2.05) is 19.2 Å². The molecular formula is C18H22N2O4S2. The van der Waals surface area contributed by atoms with Gasteiger partial charge in [-0.05, 0) is 67.6 Å². The van der Waals surface area contributed by atoms with Gasteiger partial charge in [-0.1, -0.05) is 0 Å². The van der Waals surface area contributed by atoms with Gasteiger partial charge < -0.3 is 11.5 Å². The molecule has 0 radical (unpaired) electrons. The van der Waals surface area contributed by atoms with Crippen LogP contribution in [0.25, 0.3) is 0 Å². The molecule has 0 aliphatic rings. The molecule has 0 spiro atoms. The molecule has 0 aromatic heterocycles. The average Bonchev–Trinajstić information content (AvgIpc) is 2.53. The molecule has 0 fully saturated rings. The van der Waals surface area contributed by atoms with Gasteiger partial charge in [0.2, 0.25) is 11.8 Å². The number of hydrogen-bond acceptors (Lipinski definition) is 5. The highest BCUT2D eigenvalue weighted by Gasteiger charge is 2.11. The van der Waals surface area contributed by atoms with Crippen molar-refractivity contribution in [2.75, 3.05) is 12.5 Å². The summed E-state index contributed by atoms with van der Waals surface area (Å²) in [5.41, 5.74) is 12.8. The van der Waals surface area contributed by atoms with Gasteiger partial charge in [-0.2, -0.15) is 0 Å². The molecule has 2 amide bonds. The minimum Gasteiger partial charge on any atom is -0.366 e. The van der Waals surface area contributed by atoms with Gasteiger partial charge in [0, 0.05) is 22.3 Å². The van der Waals surface area contributed by atoms with Gasteiger partial charge in [-0.15, -0.1) is 11.8 Å². The van der Waals surface area contributed by atoms with Gasteiger partial charge in [-0.25, -0.2) is 8.42 Å². The summed E-state index contributed by atoms with van der Waals surface area (Å²) in [4.78, 5) is 22.9. The van der Waals surface area contributed by atoms with E-state index in [9.17, 15) is 18.0 Å². The fourth-order valence-electron chi connectivity index (χ4n) is 2.11. The van der Waals surface area contributed by atoms with Gasteiger partial charge in [0.15, 0.2) is 9.84 Å². The highest BCUT2D eigenvalue weighted by atomic mass is 32.2. The van der Waals surface area contributed by atoms with Crippen LogP contribution in [0.15, 0.2) is 46.2 Å². The van der Waals surface area contributed by atoms with Crippen molar-refractivity contribution in [2.45, 2.75) is 23.6 Å². The maximum atomic E-state index is 11.2. The van der Waals surface area contributed by atoms with Crippen LogP contribution in [0.5, 0.6) is 0 Å². The minimum atomic E-state index is -3.29. The van der Waals surface area contributed by atoms with Crippen LogP contribution in [0, 0.1) is 13.8 Å². The Kier molecular flexibility index (Phi) is 7.41. The van der Waals surface area contributed by atoms with Gasteiger partial charge in [0.1, 0.15) is 0 Å². The third-order valence-corrected chi connectivity index (χ3v) is 5.13. The first kappa shape index (κ1) is 21.7. The van der Waals surface area contributed by atoms with Crippen molar-refractivity contribution in [2.24, 2.45) is 11.5 Å². The van der Waals surface area contributed by atoms with E-state index in [2.05, 4.69) is 0 Å². The second-order valence-corrected chi connectivity index (χ2v) is 8.67. The third kappa shape index (κ3) is 6.53. The maximum absolute atomic E-state index is 11.2. The van der Waals surface area contributed by atoms with Gasteiger partial charge >= 0.3 is 0 Å². The topological polar surface area (TPSA) is 120 Å². The summed E-state index contributed by atoms with van der Waals surface area (Å²) >= 11 is 1.61. The smallest absolute Gasteiger partial charge is 0.248 e. The van der Waals surface area contributed by atoms with Crippen LogP contribution in [0.4, 0.5) is 0 Å². The zero-order valence-corrected chi connectivity index (χ0v) is 16.7. The first-order valence-electron chi connectivity index (χ1n) is 7.51. The molecule has 0 aliphatic heterocycles. The number of primary amides is 2. The maximum Gasteiger partial charge on any atom is 0.248 e. The average molecular weight is 395 g/mol. The number of aryl methyl sites for hydroxylation is 2. The number of hydrogen-bond donors (Lipinski definition) is 2. The lowest BCUT2D eigenvalue weighted by Gasteiger charge is -2.02. The molecule has 140 valence electrons. The molecule has 2 rings (SSSR count). The van der Waals surface area contributed by atoms with Gasteiger partial charge in [-0.3, -0.25) is 9.59 Å². The fraction of sp³-hybridized carbons (Fsp3) is 0.222. The molecule has 8 heteroatoms. The number of benzene rings is 2. The molecular weight excluding hydrogens is 372 g/mol. The van der Waals surface area contributed by atoms with Crippen molar-refractivity contribution in [3.63, 3.8) is 0 Å². The summed E-state index contributed by atoms with van der Waals surface area (Å²) in [7, 11) is -3.29. The molecule has 2 aromatic carbocycles. The first-order valence-corrected chi connectivity index (χ1v) is 10.6. The summed E-state index contributed by atoms with van der Waals surface area (Å²) in [6, 6.07) is 9.96. The van der Waals surface area contributed by atoms with Crippen molar-refractivity contribution in [3.8, 4) is 0 Å². The predicted octanol–water partition coefficient (Wildman–Crippen LogP) is 2.31.